The highest BCUT2D eigenvalue weighted by molar-refractivity contribution is 5.73. The lowest BCUT2D eigenvalue weighted by Gasteiger charge is -2.09. The van der Waals surface area contributed by atoms with Crippen molar-refractivity contribution in [1.82, 2.24) is 10.6 Å². The number of rotatable bonds is 10. The SMILES string of the molecule is COCCOc1ccc(CNC(=O)NCCCC(=O)O)cc1. The Morgan fingerprint density at radius 2 is 1.86 bits per heavy atom. The Labute approximate surface area is 129 Å². The summed E-state index contributed by atoms with van der Waals surface area (Å²) in [7, 11) is 1.62. The first-order valence-electron chi connectivity index (χ1n) is 7.06. The van der Waals surface area contributed by atoms with E-state index in [0.717, 1.165) is 11.3 Å². The van der Waals surface area contributed by atoms with Gasteiger partial charge in [-0.25, -0.2) is 4.79 Å². The summed E-state index contributed by atoms with van der Waals surface area (Å²) in [6, 6.07) is 7.08. The molecule has 0 unspecified atom stereocenters. The summed E-state index contributed by atoms with van der Waals surface area (Å²) in [5.74, 6) is -0.117. The van der Waals surface area contributed by atoms with Crippen molar-refractivity contribution in [2.75, 3.05) is 26.9 Å². The summed E-state index contributed by atoms with van der Waals surface area (Å²) in [5.41, 5.74) is 0.944. The zero-order chi connectivity index (χ0) is 16.2. The van der Waals surface area contributed by atoms with Gasteiger partial charge in [-0.15, -0.1) is 0 Å². The van der Waals surface area contributed by atoms with Crippen LogP contribution in [0.5, 0.6) is 5.75 Å². The fraction of sp³-hybridized carbons (Fsp3) is 0.467. The van der Waals surface area contributed by atoms with Gasteiger partial charge in [0.2, 0.25) is 0 Å². The number of carboxylic acids is 1. The largest absolute Gasteiger partial charge is 0.491 e. The molecule has 0 bridgehead atoms. The maximum absolute atomic E-state index is 11.5. The molecular formula is C15H22N2O5. The average molecular weight is 310 g/mol. The monoisotopic (exact) mass is 310 g/mol. The molecule has 7 nitrogen and oxygen atoms in total. The normalized spacial score (nSPS) is 10.0. The van der Waals surface area contributed by atoms with Crippen LogP contribution in [0.1, 0.15) is 18.4 Å². The molecule has 0 radical (unpaired) electrons. The highest BCUT2D eigenvalue weighted by Crippen LogP contribution is 2.11. The number of benzene rings is 1. The van der Waals surface area contributed by atoms with Gasteiger partial charge in [-0.3, -0.25) is 4.79 Å². The first kappa shape index (κ1) is 17.8. The fourth-order valence-electron chi connectivity index (χ4n) is 1.63. The van der Waals surface area contributed by atoms with E-state index in [9.17, 15) is 9.59 Å². The maximum Gasteiger partial charge on any atom is 0.315 e. The zero-order valence-electron chi connectivity index (χ0n) is 12.6. The molecule has 3 N–H and O–H groups in total. The Morgan fingerprint density at radius 1 is 1.14 bits per heavy atom. The molecule has 0 saturated carbocycles. The topological polar surface area (TPSA) is 96.9 Å². The van der Waals surface area contributed by atoms with E-state index in [0.29, 0.717) is 32.7 Å². The third kappa shape index (κ3) is 8.11. The van der Waals surface area contributed by atoms with E-state index in [-0.39, 0.29) is 12.5 Å². The summed E-state index contributed by atoms with van der Waals surface area (Å²) in [6.07, 6.45) is 0.459. The Balaban J connectivity index is 2.20. The second-order valence-electron chi connectivity index (χ2n) is 4.59. The Hall–Kier alpha value is -2.28. The van der Waals surface area contributed by atoms with Crippen LogP contribution in [0, 0.1) is 0 Å². The lowest BCUT2D eigenvalue weighted by atomic mass is 10.2. The van der Waals surface area contributed by atoms with Crippen molar-refractivity contribution < 1.29 is 24.2 Å². The molecule has 0 fully saturated rings. The van der Waals surface area contributed by atoms with Gasteiger partial charge in [0, 0.05) is 26.6 Å². The van der Waals surface area contributed by atoms with Crippen LogP contribution in [0.4, 0.5) is 4.79 Å². The van der Waals surface area contributed by atoms with Crippen LogP contribution in [0.3, 0.4) is 0 Å². The number of methoxy groups -OCH3 is 1. The van der Waals surface area contributed by atoms with Gasteiger partial charge in [-0.05, 0) is 24.1 Å². The molecule has 2 amide bonds. The first-order valence-corrected chi connectivity index (χ1v) is 7.06. The lowest BCUT2D eigenvalue weighted by Crippen LogP contribution is -2.35. The summed E-state index contributed by atoms with van der Waals surface area (Å²) < 4.78 is 10.3. The molecule has 1 rings (SSSR count). The van der Waals surface area contributed by atoms with Crippen molar-refractivity contribution in [3.63, 3.8) is 0 Å². The van der Waals surface area contributed by atoms with Crippen molar-refractivity contribution in [3.05, 3.63) is 29.8 Å². The van der Waals surface area contributed by atoms with Gasteiger partial charge in [-0.1, -0.05) is 12.1 Å². The highest BCUT2D eigenvalue weighted by Gasteiger charge is 2.02. The molecular weight excluding hydrogens is 288 g/mol. The molecule has 0 heterocycles. The molecule has 0 atom stereocenters. The number of carbonyl (C=O) groups excluding carboxylic acids is 1. The number of amides is 2. The van der Waals surface area contributed by atoms with E-state index < -0.39 is 5.97 Å². The van der Waals surface area contributed by atoms with Gasteiger partial charge in [0.1, 0.15) is 12.4 Å². The second kappa shape index (κ2) is 10.4. The third-order valence-electron chi connectivity index (χ3n) is 2.79. The van der Waals surface area contributed by atoms with Gasteiger partial charge < -0.3 is 25.2 Å². The number of aliphatic carboxylic acids is 1. The van der Waals surface area contributed by atoms with E-state index in [4.69, 9.17) is 14.6 Å². The number of urea groups is 1. The standard InChI is InChI=1S/C15H22N2O5/c1-21-9-10-22-13-6-4-12(5-7-13)11-17-15(20)16-8-2-3-14(18)19/h4-7H,2-3,8-11H2,1H3,(H,18,19)(H2,16,17,20). The molecule has 1 aromatic rings. The van der Waals surface area contributed by atoms with Crippen LogP contribution in [0.25, 0.3) is 0 Å². The highest BCUT2D eigenvalue weighted by atomic mass is 16.5. The minimum atomic E-state index is -0.866. The smallest absolute Gasteiger partial charge is 0.315 e. The van der Waals surface area contributed by atoms with Gasteiger partial charge in [-0.2, -0.15) is 0 Å². The minimum absolute atomic E-state index is 0.0464. The predicted octanol–water partition coefficient (Wildman–Crippen LogP) is 1.38. The number of ether oxygens (including phenoxy) is 2. The van der Waals surface area contributed by atoms with Gasteiger partial charge in [0.05, 0.1) is 6.61 Å². The molecule has 122 valence electrons. The van der Waals surface area contributed by atoms with E-state index in [1.807, 2.05) is 24.3 Å². The predicted molar refractivity (Wildman–Crippen MR) is 80.9 cm³/mol. The molecule has 0 saturated heterocycles. The number of hydrogen-bond acceptors (Lipinski definition) is 4. The molecule has 1 aromatic carbocycles. The maximum atomic E-state index is 11.5. The lowest BCUT2D eigenvalue weighted by molar-refractivity contribution is -0.137. The average Bonchev–Trinajstić information content (AvgIpc) is 2.51. The first-order chi connectivity index (χ1) is 10.6. The molecule has 22 heavy (non-hydrogen) atoms. The van der Waals surface area contributed by atoms with E-state index >= 15 is 0 Å². The molecule has 0 aliphatic carbocycles. The summed E-state index contributed by atoms with van der Waals surface area (Å²) >= 11 is 0. The number of carboxylic acid groups (broad SMARTS) is 1. The van der Waals surface area contributed by atoms with E-state index in [1.54, 1.807) is 7.11 Å². The van der Waals surface area contributed by atoms with E-state index in [1.165, 1.54) is 0 Å². The van der Waals surface area contributed by atoms with Crippen LogP contribution < -0.4 is 15.4 Å². The fourth-order valence-corrected chi connectivity index (χ4v) is 1.63. The van der Waals surface area contributed by atoms with Gasteiger partial charge >= 0.3 is 12.0 Å². The Morgan fingerprint density at radius 3 is 2.50 bits per heavy atom. The van der Waals surface area contributed by atoms with Crippen molar-refractivity contribution >= 4 is 12.0 Å². The van der Waals surface area contributed by atoms with Crippen molar-refractivity contribution in [3.8, 4) is 5.75 Å². The molecule has 0 aromatic heterocycles. The molecule has 0 aliphatic heterocycles. The summed E-state index contributed by atoms with van der Waals surface area (Å²) in [6.45, 7) is 1.76. The van der Waals surface area contributed by atoms with Crippen LogP contribution in [0.15, 0.2) is 24.3 Å². The van der Waals surface area contributed by atoms with Crippen molar-refractivity contribution in [2.24, 2.45) is 0 Å². The summed E-state index contributed by atoms with van der Waals surface area (Å²) in [4.78, 5) is 21.8. The molecule has 0 aliphatic rings. The number of hydrogen-bond donors (Lipinski definition) is 3. The van der Waals surface area contributed by atoms with Crippen LogP contribution in [0.2, 0.25) is 0 Å². The van der Waals surface area contributed by atoms with E-state index in [2.05, 4.69) is 10.6 Å². The molecule has 0 spiro atoms. The molecule has 7 heteroatoms. The third-order valence-corrected chi connectivity index (χ3v) is 2.79. The number of nitrogens with one attached hydrogen (secondary N) is 2. The second-order valence-corrected chi connectivity index (χ2v) is 4.59. The number of carbonyl (C=O) groups is 2. The zero-order valence-corrected chi connectivity index (χ0v) is 12.6. The van der Waals surface area contributed by atoms with Crippen LogP contribution in [-0.2, 0) is 16.1 Å². The Bertz CT molecular complexity index is 462. The van der Waals surface area contributed by atoms with Gasteiger partial charge in [0.15, 0.2) is 0 Å². The van der Waals surface area contributed by atoms with Crippen molar-refractivity contribution in [1.29, 1.82) is 0 Å². The van der Waals surface area contributed by atoms with Crippen LogP contribution in [-0.4, -0.2) is 44.0 Å². The van der Waals surface area contributed by atoms with Crippen LogP contribution >= 0.6 is 0 Å². The minimum Gasteiger partial charge on any atom is -0.491 e. The quantitative estimate of drug-likeness (QED) is 0.567. The summed E-state index contributed by atoms with van der Waals surface area (Å²) in [5, 5.41) is 13.8. The van der Waals surface area contributed by atoms with Crippen molar-refractivity contribution in [2.45, 2.75) is 19.4 Å². The van der Waals surface area contributed by atoms with Gasteiger partial charge in [0.25, 0.3) is 0 Å². The Kier molecular flexibility index (Phi) is 8.44.